The number of nitrogens with zero attached hydrogens (tertiary/aromatic N) is 1. The molecule has 1 unspecified atom stereocenters. The third-order valence-electron chi connectivity index (χ3n) is 4.55. The Balaban J connectivity index is 1.31. The zero-order valence-electron chi connectivity index (χ0n) is 15.4. The molecule has 1 saturated heterocycles. The van der Waals surface area contributed by atoms with E-state index < -0.39 is 11.9 Å². The average molecular weight is 410 g/mol. The summed E-state index contributed by atoms with van der Waals surface area (Å²) in [5.41, 5.74) is 0.601. The molecule has 3 aromatic rings. The predicted octanol–water partition coefficient (Wildman–Crippen LogP) is 3.55. The maximum atomic E-state index is 12.4. The van der Waals surface area contributed by atoms with Gasteiger partial charge in [0.05, 0.1) is 23.6 Å². The minimum Gasteiger partial charge on any atom is -0.467 e. The van der Waals surface area contributed by atoms with E-state index in [-0.39, 0.29) is 18.2 Å². The SMILES string of the molecule is O=C(Nc1ccc(OC(=O)C2CC(=O)N(Cc3ccco3)C2)cc1)c1cccs1. The third kappa shape index (κ3) is 4.55. The molecule has 4 rings (SSSR count). The number of carbonyl (C=O) groups is 3. The van der Waals surface area contributed by atoms with Crippen LogP contribution >= 0.6 is 11.3 Å². The molecule has 7 nitrogen and oxygen atoms in total. The highest BCUT2D eigenvalue weighted by atomic mass is 32.1. The van der Waals surface area contributed by atoms with Gasteiger partial charge in [-0.15, -0.1) is 11.3 Å². The second kappa shape index (κ2) is 8.32. The summed E-state index contributed by atoms with van der Waals surface area (Å²) in [5, 5.41) is 4.62. The maximum Gasteiger partial charge on any atom is 0.316 e. The second-order valence-electron chi connectivity index (χ2n) is 6.63. The van der Waals surface area contributed by atoms with Crippen LogP contribution in [0.25, 0.3) is 0 Å². The van der Waals surface area contributed by atoms with Crippen LogP contribution in [0.3, 0.4) is 0 Å². The van der Waals surface area contributed by atoms with E-state index in [0.29, 0.717) is 35.2 Å². The Bertz CT molecular complexity index is 996. The molecule has 0 spiro atoms. The van der Waals surface area contributed by atoms with Gasteiger partial charge in [0.2, 0.25) is 5.91 Å². The molecule has 1 N–H and O–H groups in total. The van der Waals surface area contributed by atoms with Crippen LogP contribution in [-0.4, -0.2) is 29.2 Å². The van der Waals surface area contributed by atoms with E-state index in [9.17, 15) is 14.4 Å². The van der Waals surface area contributed by atoms with Crippen LogP contribution in [0.4, 0.5) is 5.69 Å². The van der Waals surface area contributed by atoms with Crippen molar-refractivity contribution in [1.82, 2.24) is 4.90 Å². The van der Waals surface area contributed by atoms with Crippen LogP contribution in [-0.2, 0) is 16.1 Å². The summed E-state index contributed by atoms with van der Waals surface area (Å²) in [7, 11) is 0. The number of likely N-dealkylation sites (tertiary alicyclic amines) is 1. The lowest BCUT2D eigenvalue weighted by Crippen LogP contribution is -2.27. The van der Waals surface area contributed by atoms with Crippen molar-refractivity contribution in [3.63, 3.8) is 0 Å². The molecule has 1 aliphatic heterocycles. The number of thiophene rings is 1. The van der Waals surface area contributed by atoms with Crippen LogP contribution in [0.1, 0.15) is 21.9 Å². The van der Waals surface area contributed by atoms with Gasteiger partial charge in [0.25, 0.3) is 5.91 Å². The second-order valence-corrected chi connectivity index (χ2v) is 7.58. The van der Waals surface area contributed by atoms with Gasteiger partial charge in [0.1, 0.15) is 11.5 Å². The van der Waals surface area contributed by atoms with Gasteiger partial charge < -0.3 is 19.4 Å². The first-order chi connectivity index (χ1) is 14.1. The van der Waals surface area contributed by atoms with Gasteiger partial charge >= 0.3 is 5.97 Å². The van der Waals surface area contributed by atoms with Crippen LogP contribution < -0.4 is 10.1 Å². The van der Waals surface area contributed by atoms with Gasteiger partial charge in [-0.2, -0.15) is 0 Å². The number of hydrogen-bond acceptors (Lipinski definition) is 6. The van der Waals surface area contributed by atoms with E-state index in [1.54, 1.807) is 53.6 Å². The number of furan rings is 1. The molecule has 0 aliphatic carbocycles. The van der Waals surface area contributed by atoms with E-state index in [2.05, 4.69) is 5.32 Å². The highest BCUT2D eigenvalue weighted by molar-refractivity contribution is 7.12. The van der Waals surface area contributed by atoms with Crippen molar-refractivity contribution in [3.05, 3.63) is 70.8 Å². The van der Waals surface area contributed by atoms with Gasteiger partial charge in [0, 0.05) is 18.7 Å². The molecule has 0 radical (unpaired) electrons. The average Bonchev–Trinajstić information content (AvgIpc) is 3.47. The molecule has 29 heavy (non-hydrogen) atoms. The van der Waals surface area contributed by atoms with Crippen LogP contribution in [0.15, 0.2) is 64.6 Å². The fourth-order valence-corrected chi connectivity index (χ4v) is 3.70. The van der Waals surface area contributed by atoms with Gasteiger partial charge in [-0.05, 0) is 47.8 Å². The molecule has 1 fully saturated rings. The molecule has 2 aromatic heterocycles. The molecule has 2 amide bonds. The van der Waals surface area contributed by atoms with Crippen molar-refractivity contribution in [2.75, 3.05) is 11.9 Å². The minimum absolute atomic E-state index is 0.102. The summed E-state index contributed by atoms with van der Waals surface area (Å²) >= 11 is 1.36. The number of ether oxygens (including phenoxy) is 1. The number of esters is 1. The fourth-order valence-electron chi connectivity index (χ4n) is 3.08. The summed E-state index contributed by atoms with van der Waals surface area (Å²) < 4.78 is 10.7. The quantitative estimate of drug-likeness (QED) is 0.496. The standard InChI is InChI=1S/C21H18N2O5S/c24-19-11-14(12-23(19)13-17-3-1-9-27-17)21(26)28-16-7-5-15(6-8-16)22-20(25)18-4-2-10-29-18/h1-10,14H,11-13H2,(H,22,25). The van der Waals surface area contributed by atoms with E-state index in [4.69, 9.17) is 9.15 Å². The summed E-state index contributed by atoms with van der Waals surface area (Å²) in [6, 6.07) is 13.7. The molecular weight excluding hydrogens is 392 g/mol. The van der Waals surface area contributed by atoms with Gasteiger partial charge in [-0.25, -0.2) is 0 Å². The lowest BCUT2D eigenvalue weighted by molar-refractivity contribution is -0.139. The topological polar surface area (TPSA) is 88.8 Å². The summed E-state index contributed by atoms with van der Waals surface area (Å²) in [6.07, 6.45) is 1.67. The molecule has 0 saturated carbocycles. The van der Waals surface area contributed by atoms with E-state index in [1.807, 2.05) is 11.4 Å². The number of anilines is 1. The molecule has 1 aromatic carbocycles. The molecule has 148 valence electrons. The smallest absolute Gasteiger partial charge is 0.316 e. The van der Waals surface area contributed by atoms with Crippen LogP contribution in [0.5, 0.6) is 5.75 Å². The maximum absolute atomic E-state index is 12.4. The molecule has 8 heteroatoms. The lowest BCUT2D eigenvalue weighted by atomic mass is 10.1. The Kier molecular flexibility index (Phi) is 5.44. The highest BCUT2D eigenvalue weighted by Gasteiger charge is 2.35. The Hall–Kier alpha value is -3.39. The first kappa shape index (κ1) is 18.9. The number of carbonyl (C=O) groups excluding carboxylic acids is 3. The van der Waals surface area contributed by atoms with Gasteiger partial charge in [-0.3, -0.25) is 14.4 Å². The normalized spacial score (nSPS) is 16.1. The Morgan fingerprint density at radius 1 is 1.17 bits per heavy atom. The molecule has 1 atom stereocenters. The number of benzene rings is 1. The zero-order chi connectivity index (χ0) is 20.2. The van der Waals surface area contributed by atoms with Gasteiger partial charge in [0.15, 0.2) is 0 Å². The Labute approximate surface area is 170 Å². The number of amides is 2. The first-order valence-electron chi connectivity index (χ1n) is 9.05. The monoisotopic (exact) mass is 410 g/mol. The zero-order valence-corrected chi connectivity index (χ0v) is 16.2. The third-order valence-corrected chi connectivity index (χ3v) is 5.42. The van der Waals surface area contributed by atoms with Crippen LogP contribution in [0.2, 0.25) is 0 Å². The molecule has 3 heterocycles. The van der Waals surface area contributed by atoms with Gasteiger partial charge in [-0.1, -0.05) is 6.07 Å². The number of hydrogen-bond donors (Lipinski definition) is 1. The minimum atomic E-state index is -0.518. The van der Waals surface area contributed by atoms with Crippen molar-refractivity contribution < 1.29 is 23.5 Å². The fraction of sp³-hybridized carbons (Fsp3) is 0.190. The lowest BCUT2D eigenvalue weighted by Gasteiger charge is -2.14. The number of nitrogens with one attached hydrogen (secondary N) is 1. The van der Waals surface area contributed by atoms with E-state index >= 15 is 0 Å². The number of rotatable bonds is 6. The summed E-state index contributed by atoms with van der Waals surface area (Å²) in [4.78, 5) is 38.8. The summed E-state index contributed by atoms with van der Waals surface area (Å²) in [5.74, 6) is -0.221. The van der Waals surface area contributed by atoms with Crippen LogP contribution in [0, 0.1) is 5.92 Å². The van der Waals surface area contributed by atoms with E-state index in [0.717, 1.165) is 0 Å². The van der Waals surface area contributed by atoms with Crippen molar-refractivity contribution in [1.29, 1.82) is 0 Å². The molecule has 0 bridgehead atoms. The Morgan fingerprint density at radius 3 is 2.69 bits per heavy atom. The highest BCUT2D eigenvalue weighted by Crippen LogP contribution is 2.24. The Morgan fingerprint density at radius 2 is 2.00 bits per heavy atom. The predicted molar refractivity (Wildman–Crippen MR) is 107 cm³/mol. The molecule has 1 aliphatic rings. The summed E-state index contributed by atoms with van der Waals surface area (Å²) in [6.45, 7) is 0.640. The molecular formula is C21H18N2O5S. The largest absolute Gasteiger partial charge is 0.467 e. The first-order valence-corrected chi connectivity index (χ1v) is 9.93. The van der Waals surface area contributed by atoms with Crippen molar-refractivity contribution in [2.24, 2.45) is 5.92 Å². The van der Waals surface area contributed by atoms with Crippen molar-refractivity contribution in [2.45, 2.75) is 13.0 Å². The van der Waals surface area contributed by atoms with Crippen molar-refractivity contribution >= 4 is 34.8 Å². The van der Waals surface area contributed by atoms with E-state index in [1.165, 1.54) is 11.3 Å². The van der Waals surface area contributed by atoms with Crippen molar-refractivity contribution in [3.8, 4) is 5.75 Å².